The van der Waals surface area contributed by atoms with Gasteiger partial charge in [-0.15, -0.1) is 12.4 Å². The number of aromatic nitrogens is 2. The zero-order chi connectivity index (χ0) is 14.1. The number of piperidine rings is 1. The van der Waals surface area contributed by atoms with Crippen LogP contribution in [0.25, 0.3) is 11.4 Å². The van der Waals surface area contributed by atoms with Crippen LogP contribution in [0.4, 0.5) is 0 Å². The van der Waals surface area contributed by atoms with Crippen LogP contribution >= 0.6 is 12.4 Å². The first kappa shape index (κ1) is 15.3. The van der Waals surface area contributed by atoms with Crippen molar-refractivity contribution in [1.29, 1.82) is 0 Å². The van der Waals surface area contributed by atoms with E-state index in [1.165, 1.54) is 18.4 Å². The van der Waals surface area contributed by atoms with Crippen molar-refractivity contribution in [2.24, 2.45) is 5.92 Å². The number of benzene rings is 1. The molecule has 0 atom stereocenters. The van der Waals surface area contributed by atoms with Crippen molar-refractivity contribution >= 4 is 12.4 Å². The summed E-state index contributed by atoms with van der Waals surface area (Å²) in [6, 6.07) is 6.12. The van der Waals surface area contributed by atoms with Crippen LogP contribution in [0.1, 0.15) is 24.3 Å². The molecule has 0 bridgehead atoms. The van der Waals surface area contributed by atoms with E-state index in [9.17, 15) is 0 Å². The lowest BCUT2D eigenvalue weighted by molar-refractivity contribution is 0.313. The highest BCUT2D eigenvalue weighted by molar-refractivity contribution is 5.85. The predicted molar refractivity (Wildman–Crippen MR) is 85.5 cm³/mol. The van der Waals surface area contributed by atoms with E-state index in [0.29, 0.717) is 11.7 Å². The molecule has 118 valence electrons. The van der Waals surface area contributed by atoms with Gasteiger partial charge >= 0.3 is 0 Å². The largest absolute Gasteiger partial charge is 0.493 e. The SMILES string of the molecule is Cl.c1cc2c(cc1-c1noc(CC3CCNCC3)n1)CCO2. The van der Waals surface area contributed by atoms with Gasteiger partial charge in [0, 0.05) is 18.4 Å². The number of ether oxygens (including phenoxy) is 1. The average Bonchev–Trinajstić information content (AvgIpc) is 3.16. The quantitative estimate of drug-likeness (QED) is 0.941. The van der Waals surface area contributed by atoms with Crippen LogP contribution in [-0.2, 0) is 12.8 Å². The first-order valence-electron chi connectivity index (χ1n) is 7.68. The second kappa shape index (κ2) is 6.67. The molecule has 0 unspecified atom stereocenters. The molecule has 1 aromatic carbocycles. The third-order valence-corrected chi connectivity index (χ3v) is 4.34. The van der Waals surface area contributed by atoms with E-state index >= 15 is 0 Å². The maximum Gasteiger partial charge on any atom is 0.227 e. The molecule has 1 aromatic heterocycles. The molecule has 3 heterocycles. The fourth-order valence-electron chi connectivity index (χ4n) is 3.11. The third-order valence-electron chi connectivity index (χ3n) is 4.34. The fraction of sp³-hybridized carbons (Fsp3) is 0.500. The number of hydrogen-bond acceptors (Lipinski definition) is 5. The molecule has 0 aliphatic carbocycles. The Morgan fingerprint density at radius 3 is 2.95 bits per heavy atom. The number of halogens is 1. The molecule has 1 saturated heterocycles. The van der Waals surface area contributed by atoms with Crippen molar-refractivity contribution in [2.45, 2.75) is 25.7 Å². The van der Waals surface area contributed by atoms with Crippen molar-refractivity contribution in [1.82, 2.24) is 15.5 Å². The van der Waals surface area contributed by atoms with E-state index in [2.05, 4.69) is 21.5 Å². The van der Waals surface area contributed by atoms with Crippen molar-refractivity contribution in [2.75, 3.05) is 19.7 Å². The summed E-state index contributed by atoms with van der Waals surface area (Å²) in [7, 11) is 0. The lowest BCUT2D eigenvalue weighted by atomic mass is 9.95. The molecule has 0 radical (unpaired) electrons. The van der Waals surface area contributed by atoms with Crippen LogP contribution in [0.15, 0.2) is 22.7 Å². The van der Waals surface area contributed by atoms with Crippen molar-refractivity contribution in [3.8, 4) is 17.1 Å². The van der Waals surface area contributed by atoms with Gasteiger partial charge in [-0.2, -0.15) is 4.98 Å². The summed E-state index contributed by atoms with van der Waals surface area (Å²) >= 11 is 0. The van der Waals surface area contributed by atoms with Crippen LogP contribution < -0.4 is 10.1 Å². The Balaban J connectivity index is 0.00000144. The Hall–Kier alpha value is -1.59. The topological polar surface area (TPSA) is 60.2 Å². The van der Waals surface area contributed by atoms with E-state index in [1.807, 2.05) is 12.1 Å². The molecule has 22 heavy (non-hydrogen) atoms. The van der Waals surface area contributed by atoms with Crippen LogP contribution in [0.5, 0.6) is 5.75 Å². The predicted octanol–water partition coefficient (Wildman–Crippen LogP) is 2.64. The Bertz CT molecular complexity index is 638. The molecule has 2 aliphatic heterocycles. The second-order valence-corrected chi connectivity index (χ2v) is 5.83. The summed E-state index contributed by atoms with van der Waals surface area (Å²) in [6.07, 6.45) is 4.23. The summed E-state index contributed by atoms with van der Waals surface area (Å²) < 4.78 is 11.0. The highest BCUT2D eigenvalue weighted by atomic mass is 35.5. The van der Waals surface area contributed by atoms with Gasteiger partial charge in [-0.3, -0.25) is 0 Å². The summed E-state index contributed by atoms with van der Waals surface area (Å²) in [4.78, 5) is 4.56. The number of hydrogen-bond donors (Lipinski definition) is 1. The van der Waals surface area contributed by atoms with Crippen LogP contribution in [0, 0.1) is 5.92 Å². The molecule has 0 saturated carbocycles. The molecule has 5 nitrogen and oxygen atoms in total. The van der Waals surface area contributed by atoms with Gasteiger partial charge in [-0.25, -0.2) is 0 Å². The van der Waals surface area contributed by atoms with Crippen molar-refractivity contribution in [3.63, 3.8) is 0 Å². The first-order chi connectivity index (χ1) is 10.4. The van der Waals surface area contributed by atoms with Gasteiger partial charge in [0.2, 0.25) is 11.7 Å². The Morgan fingerprint density at radius 2 is 2.09 bits per heavy atom. The maximum atomic E-state index is 5.52. The highest BCUT2D eigenvalue weighted by Crippen LogP contribution is 2.29. The Kier molecular flexibility index (Phi) is 4.64. The molecular weight excluding hydrogens is 302 g/mol. The standard InChI is InChI=1S/C16H19N3O2.ClH/c1-2-14-12(5-8-20-14)10-13(1)16-18-15(21-19-16)9-11-3-6-17-7-4-11;/h1-2,10-11,17H,3-9H2;1H. The summed E-state index contributed by atoms with van der Waals surface area (Å²) in [6.45, 7) is 2.96. The van der Waals surface area contributed by atoms with Gasteiger partial charge in [0.05, 0.1) is 6.61 Å². The first-order valence-corrected chi connectivity index (χ1v) is 7.68. The Morgan fingerprint density at radius 1 is 1.23 bits per heavy atom. The molecule has 0 spiro atoms. The monoisotopic (exact) mass is 321 g/mol. The van der Waals surface area contributed by atoms with E-state index in [1.54, 1.807) is 0 Å². The van der Waals surface area contributed by atoms with Crippen molar-refractivity contribution in [3.05, 3.63) is 29.7 Å². The van der Waals surface area contributed by atoms with Crippen LogP contribution in [0.2, 0.25) is 0 Å². The molecular formula is C16H20ClN3O2. The number of nitrogens with zero attached hydrogens (tertiary/aromatic N) is 2. The zero-order valence-electron chi connectivity index (χ0n) is 12.4. The maximum absolute atomic E-state index is 5.52. The minimum absolute atomic E-state index is 0. The summed E-state index contributed by atoms with van der Waals surface area (Å²) in [5, 5.41) is 7.51. The Labute approximate surface area is 135 Å². The van der Waals surface area contributed by atoms with E-state index in [4.69, 9.17) is 9.26 Å². The van der Waals surface area contributed by atoms with Gasteiger partial charge < -0.3 is 14.6 Å². The van der Waals surface area contributed by atoms with Gasteiger partial charge in [0.25, 0.3) is 0 Å². The molecule has 2 aromatic rings. The number of fused-ring (bicyclic) bond motifs is 1. The zero-order valence-corrected chi connectivity index (χ0v) is 13.2. The molecule has 2 aliphatic rings. The fourth-order valence-corrected chi connectivity index (χ4v) is 3.11. The third kappa shape index (κ3) is 3.10. The minimum Gasteiger partial charge on any atom is -0.493 e. The van der Waals surface area contributed by atoms with E-state index in [-0.39, 0.29) is 12.4 Å². The normalized spacial score (nSPS) is 17.6. The lowest BCUT2D eigenvalue weighted by Gasteiger charge is -2.20. The number of rotatable bonds is 3. The smallest absolute Gasteiger partial charge is 0.227 e. The molecule has 1 N–H and O–H groups in total. The minimum atomic E-state index is 0. The lowest BCUT2D eigenvalue weighted by Crippen LogP contribution is -2.28. The molecule has 0 amide bonds. The average molecular weight is 322 g/mol. The molecule has 1 fully saturated rings. The highest BCUT2D eigenvalue weighted by Gasteiger charge is 2.19. The number of nitrogens with one attached hydrogen (secondary N) is 1. The van der Waals surface area contributed by atoms with Gasteiger partial charge in [0.1, 0.15) is 5.75 Å². The molecule has 4 rings (SSSR count). The van der Waals surface area contributed by atoms with Crippen molar-refractivity contribution < 1.29 is 9.26 Å². The van der Waals surface area contributed by atoms with Gasteiger partial charge in [0.15, 0.2) is 0 Å². The van der Waals surface area contributed by atoms with Gasteiger partial charge in [-0.1, -0.05) is 5.16 Å². The van der Waals surface area contributed by atoms with E-state index in [0.717, 1.165) is 49.7 Å². The van der Waals surface area contributed by atoms with Crippen LogP contribution in [0.3, 0.4) is 0 Å². The van der Waals surface area contributed by atoms with E-state index < -0.39 is 0 Å². The second-order valence-electron chi connectivity index (χ2n) is 5.83. The van der Waals surface area contributed by atoms with Gasteiger partial charge in [-0.05, 0) is 55.6 Å². The van der Waals surface area contributed by atoms with Crippen LogP contribution in [-0.4, -0.2) is 29.8 Å². The summed E-state index contributed by atoms with van der Waals surface area (Å²) in [5.41, 5.74) is 2.25. The summed E-state index contributed by atoms with van der Waals surface area (Å²) in [5.74, 6) is 3.09. The molecule has 6 heteroatoms.